The number of fused-ring (bicyclic) bond motifs is 4. The van der Waals surface area contributed by atoms with Gasteiger partial charge in [-0.15, -0.1) is 0 Å². The lowest BCUT2D eigenvalue weighted by molar-refractivity contribution is 0.592. The van der Waals surface area contributed by atoms with Crippen LogP contribution in [0.25, 0.3) is 55.2 Å². The lowest BCUT2D eigenvalue weighted by Gasteiger charge is -2.19. The molecule has 0 atom stereocenters. The van der Waals surface area contributed by atoms with E-state index in [1.807, 2.05) is 78.9 Å². The SMILES string of the molecule is O=P(c1ccccc1)(c1ccccc1)c1ccc(-c2ccc3ccc4ccc(-c5ccc6ccccc6c5)nc4c3n2)nc1. The zero-order chi connectivity index (χ0) is 29.5. The van der Waals surface area contributed by atoms with E-state index in [0.717, 1.165) is 49.4 Å². The van der Waals surface area contributed by atoms with Crippen LogP contribution in [0.15, 0.2) is 158 Å². The molecule has 0 aliphatic heterocycles. The van der Waals surface area contributed by atoms with Crippen molar-refractivity contribution in [3.63, 3.8) is 0 Å². The molecule has 0 radical (unpaired) electrons. The summed E-state index contributed by atoms with van der Waals surface area (Å²) in [6.07, 6.45) is 1.74. The Kier molecular flexibility index (Phi) is 6.36. The number of benzene rings is 5. The zero-order valence-electron chi connectivity index (χ0n) is 23.7. The predicted octanol–water partition coefficient (Wildman–Crippen LogP) is 8.30. The van der Waals surface area contributed by atoms with E-state index in [1.54, 1.807) is 6.20 Å². The molecule has 0 aliphatic carbocycles. The molecule has 3 aromatic heterocycles. The van der Waals surface area contributed by atoms with Gasteiger partial charge in [0.2, 0.25) is 0 Å². The third-order valence-electron chi connectivity index (χ3n) is 8.18. The quantitative estimate of drug-likeness (QED) is 0.151. The lowest BCUT2D eigenvalue weighted by Crippen LogP contribution is -2.25. The summed E-state index contributed by atoms with van der Waals surface area (Å²) in [4.78, 5) is 15.0. The Balaban J connectivity index is 1.21. The predicted molar refractivity (Wildman–Crippen MR) is 183 cm³/mol. The van der Waals surface area contributed by atoms with Gasteiger partial charge < -0.3 is 4.57 Å². The maximum absolute atomic E-state index is 14.7. The standard InChI is InChI=1S/C39H26N3OP/c43-44(32-11-3-1-4-12-32,33-13-5-2-6-14-33)34-21-24-36(40-26-34)37-23-20-29-17-16-28-19-22-35(41-38(28)39(29)42-37)31-18-15-27-9-7-8-10-30(27)25-31/h1-26H. The fourth-order valence-corrected chi connectivity index (χ4v) is 8.45. The molecule has 0 unspecified atom stereocenters. The molecule has 0 spiro atoms. The van der Waals surface area contributed by atoms with Gasteiger partial charge in [0.25, 0.3) is 0 Å². The fourth-order valence-electron chi connectivity index (χ4n) is 5.87. The molecule has 0 amide bonds. The molecular weight excluding hydrogens is 557 g/mol. The van der Waals surface area contributed by atoms with Gasteiger partial charge in [-0.2, -0.15) is 0 Å². The van der Waals surface area contributed by atoms with Crippen LogP contribution in [0.1, 0.15) is 0 Å². The summed E-state index contributed by atoms with van der Waals surface area (Å²) >= 11 is 0. The molecule has 208 valence electrons. The summed E-state index contributed by atoms with van der Waals surface area (Å²) in [5, 5.41) is 6.68. The summed E-state index contributed by atoms with van der Waals surface area (Å²) in [6, 6.07) is 50.3. The Bertz CT molecular complexity index is 2310. The van der Waals surface area contributed by atoms with Crippen LogP contribution in [0.5, 0.6) is 0 Å². The van der Waals surface area contributed by atoms with Gasteiger partial charge in [-0.3, -0.25) is 4.98 Å². The molecular formula is C39H26N3OP. The van der Waals surface area contributed by atoms with Crippen LogP contribution < -0.4 is 15.9 Å². The van der Waals surface area contributed by atoms with Gasteiger partial charge in [0.15, 0.2) is 7.14 Å². The van der Waals surface area contributed by atoms with Crippen molar-refractivity contribution in [2.45, 2.75) is 0 Å². The number of nitrogens with zero attached hydrogens (tertiary/aromatic N) is 3. The highest BCUT2D eigenvalue weighted by molar-refractivity contribution is 7.85. The topological polar surface area (TPSA) is 55.7 Å². The zero-order valence-corrected chi connectivity index (χ0v) is 24.6. The smallest absolute Gasteiger partial charge is 0.172 e. The average molecular weight is 584 g/mol. The van der Waals surface area contributed by atoms with Crippen molar-refractivity contribution in [2.75, 3.05) is 0 Å². The molecule has 0 fully saturated rings. The Labute approximate surface area is 255 Å². The van der Waals surface area contributed by atoms with Gasteiger partial charge in [0.1, 0.15) is 0 Å². The lowest BCUT2D eigenvalue weighted by atomic mass is 10.0. The maximum Gasteiger partial charge on any atom is 0.172 e. The van der Waals surface area contributed by atoms with Gasteiger partial charge in [0, 0.05) is 38.4 Å². The minimum Gasteiger partial charge on any atom is -0.309 e. The van der Waals surface area contributed by atoms with Crippen molar-refractivity contribution >= 4 is 55.6 Å². The monoisotopic (exact) mass is 583 g/mol. The molecule has 8 aromatic rings. The van der Waals surface area contributed by atoms with Crippen molar-refractivity contribution < 1.29 is 4.57 Å². The minimum atomic E-state index is -3.10. The molecule has 0 saturated heterocycles. The van der Waals surface area contributed by atoms with E-state index >= 15 is 0 Å². The number of rotatable bonds is 5. The molecule has 0 aliphatic rings. The number of hydrogen-bond acceptors (Lipinski definition) is 4. The Morgan fingerprint density at radius 1 is 0.409 bits per heavy atom. The van der Waals surface area contributed by atoms with Crippen LogP contribution in [-0.4, -0.2) is 15.0 Å². The Morgan fingerprint density at radius 2 is 0.932 bits per heavy atom. The molecule has 44 heavy (non-hydrogen) atoms. The van der Waals surface area contributed by atoms with E-state index in [0.29, 0.717) is 11.0 Å². The molecule has 0 saturated carbocycles. The van der Waals surface area contributed by atoms with E-state index in [2.05, 4.69) is 72.8 Å². The first-order chi connectivity index (χ1) is 21.7. The van der Waals surface area contributed by atoms with E-state index in [-0.39, 0.29) is 0 Å². The summed E-state index contributed by atoms with van der Waals surface area (Å²) in [5.74, 6) is 0. The largest absolute Gasteiger partial charge is 0.309 e. The van der Waals surface area contributed by atoms with Crippen molar-refractivity contribution in [1.82, 2.24) is 15.0 Å². The second-order valence-corrected chi connectivity index (χ2v) is 13.6. The number of aromatic nitrogens is 3. The van der Waals surface area contributed by atoms with Crippen molar-refractivity contribution in [3.05, 3.63) is 158 Å². The first-order valence-electron chi connectivity index (χ1n) is 14.5. The summed E-state index contributed by atoms with van der Waals surface area (Å²) < 4.78 is 14.7. The van der Waals surface area contributed by atoms with E-state index < -0.39 is 7.14 Å². The molecule has 3 heterocycles. The highest BCUT2D eigenvalue weighted by Gasteiger charge is 2.30. The minimum absolute atomic E-state index is 0.687. The van der Waals surface area contributed by atoms with Crippen LogP contribution >= 0.6 is 7.14 Å². The van der Waals surface area contributed by atoms with Crippen LogP contribution in [0.2, 0.25) is 0 Å². The van der Waals surface area contributed by atoms with Crippen LogP contribution in [0.3, 0.4) is 0 Å². The maximum atomic E-state index is 14.7. The average Bonchev–Trinajstić information content (AvgIpc) is 3.11. The van der Waals surface area contributed by atoms with Crippen LogP contribution in [0, 0.1) is 0 Å². The summed E-state index contributed by atoms with van der Waals surface area (Å²) in [6.45, 7) is 0. The van der Waals surface area contributed by atoms with Gasteiger partial charge in [-0.1, -0.05) is 121 Å². The van der Waals surface area contributed by atoms with Crippen LogP contribution in [-0.2, 0) is 4.57 Å². The molecule has 0 N–H and O–H groups in total. The Hall–Kier alpha value is -5.44. The van der Waals surface area contributed by atoms with E-state index in [4.69, 9.17) is 15.0 Å². The second-order valence-electron chi connectivity index (χ2n) is 10.8. The second kappa shape index (κ2) is 10.7. The highest BCUT2D eigenvalue weighted by atomic mass is 31.2. The first-order valence-corrected chi connectivity index (χ1v) is 16.3. The summed E-state index contributed by atoms with van der Waals surface area (Å²) in [5.41, 5.74) is 5.10. The van der Waals surface area contributed by atoms with Gasteiger partial charge in [-0.25, -0.2) is 9.97 Å². The first kappa shape index (κ1) is 26.2. The molecule has 5 aromatic carbocycles. The highest BCUT2D eigenvalue weighted by Crippen LogP contribution is 2.42. The normalized spacial score (nSPS) is 11.7. The number of pyridine rings is 3. The van der Waals surface area contributed by atoms with Gasteiger partial charge in [0.05, 0.1) is 28.1 Å². The summed E-state index contributed by atoms with van der Waals surface area (Å²) in [7, 11) is -3.10. The fraction of sp³-hybridized carbons (Fsp3) is 0. The molecule has 4 nitrogen and oxygen atoms in total. The third-order valence-corrected chi connectivity index (χ3v) is 11.2. The Morgan fingerprint density at radius 3 is 1.57 bits per heavy atom. The molecule has 5 heteroatoms. The molecule has 0 bridgehead atoms. The van der Waals surface area contributed by atoms with Crippen molar-refractivity contribution in [2.24, 2.45) is 0 Å². The van der Waals surface area contributed by atoms with Crippen molar-refractivity contribution in [1.29, 1.82) is 0 Å². The van der Waals surface area contributed by atoms with Gasteiger partial charge in [-0.05, 0) is 41.1 Å². The molecule has 8 rings (SSSR count). The van der Waals surface area contributed by atoms with Crippen molar-refractivity contribution in [3.8, 4) is 22.6 Å². The van der Waals surface area contributed by atoms with E-state index in [9.17, 15) is 4.57 Å². The number of hydrogen-bond donors (Lipinski definition) is 0. The van der Waals surface area contributed by atoms with E-state index in [1.165, 1.54) is 10.8 Å². The van der Waals surface area contributed by atoms with Gasteiger partial charge >= 0.3 is 0 Å². The van der Waals surface area contributed by atoms with Crippen LogP contribution in [0.4, 0.5) is 0 Å². The third kappa shape index (κ3) is 4.48.